The van der Waals surface area contributed by atoms with Gasteiger partial charge in [-0.2, -0.15) is 0 Å². The van der Waals surface area contributed by atoms with E-state index in [-0.39, 0.29) is 36.0 Å². The minimum Gasteiger partial charge on any atom is -0.339 e. The number of ketones is 1. The van der Waals surface area contributed by atoms with E-state index in [0.29, 0.717) is 30.0 Å². The molecule has 6 heteroatoms. The van der Waals surface area contributed by atoms with Gasteiger partial charge in [-0.05, 0) is 38.2 Å². The van der Waals surface area contributed by atoms with E-state index in [9.17, 15) is 14.4 Å². The molecule has 1 aliphatic heterocycles. The van der Waals surface area contributed by atoms with Gasteiger partial charge >= 0.3 is 0 Å². The Morgan fingerprint density at radius 3 is 2.55 bits per heavy atom. The normalized spacial score (nSPS) is 28.2. The molecule has 1 aromatic rings. The van der Waals surface area contributed by atoms with Crippen molar-refractivity contribution in [2.45, 2.75) is 69.4 Å². The maximum atomic E-state index is 13.5. The summed E-state index contributed by atoms with van der Waals surface area (Å²) in [6.07, 6.45) is 7.33. The predicted molar refractivity (Wildman–Crippen MR) is 111 cm³/mol. The number of carbonyl (C=O) groups excluding carboxylic acids is 3. The molecule has 0 bridgehead atoms. The van der Waals surface area contributed by atoms with Gasteiger partial charge in [0.05, 0.1) is 5.92 Å². The molecule has 0 spiro atoms. The van der Waals surface area contributed by atoms with Crippen LogP contribution in [0.25, 0.3) is 0 Å². The second kappa shape index (κ2) is 8.10. The first kappa shape index (κ1) is 20.4. The number of halogens is 1. The highest BCUT2D eigenvalue weighted by Gasteiger charge is 2.50. The van der Waals surface area contributed by atoms with Gasteiger partial charge in [0.15, 0.2) is 5.78 Å². The Hall–Kier alpha value is -1.88. The molecule has 156 valence electrons. The monoisotopic (exact) mass is 416 g/mol. The lowest BCUT2D eigenvalue weighted by Crippen LogP contribution is -2.56. The molecule has 5 nitrogen and oxygen atoms in total. The molecular formula is C23H29ClN2O3. The van der Waals surface area contributed by atoms with E-state index in [4.69, 9.17) is 11.6 Å². The SMILES string of the molecule is CN(C(=O)C1CC(=O)N(C2CCCC2)C1)C1(c2ccccc2Cl)CCCCC1=O. The van der Waals surface area contributed by atoms with Crippen molar-refractivity contribution in [3.8, 4) is 0 Å². The number of likely N-dealkylation sites (tertiary alicyclic amines) is 1. The molecule has 0 aromatic heterocycles. The molecule has 4 rings (SSSR count). The third-order valence-electron chi connectivity index (χ3n) is 7.15. The van der Waals surface area contributed by atoms with Gasteiger partial charge in [0, 0.05) is 43.1 Å². The average Bonchev–Trinajstić information content (AvgIpc) is 3.37. The molecule has 1 saturated heterocycles. The average molecular weight is 417 g/mol. The molecule has 29 heavy (non-hydrogen) atoms. The Labute approximate surface area is 177 Å². The van der Waals surface area contributed by atoms with Crippen LogP contribution in [-0.4, -0.2) is 47.0 Å². The quantitative estimate of drug-likeness (QED) is 0.747. The van der Waals surface area contributed by atoms with Crippen molar-refractivity contribution in [3.05, 3.63) is 34.9 Å². The molecule has 2 unspecified atom stereocenters. The molecular weight excluding hydrogens is 388 g/mol. The van der Waals surface area contributed by atoms with Crippen LogP contribution in [0.5, 0.6) is 0 Å². The highest BCUT2D eigenvalue weighted by Crippen LogP contribution is 2.43. The van der Waals surface area contributed by atoms with E-state index in [1.54, 1.807) is 18.0 Å². The van der Waals surface area contributed by atoms with Crippen LogP contribution < -0.4 is 0 Å². The van der Waals surface area contributed by atoms with Crippen LogP contribution in [0.15, 0.2) is 24.3 Å². The van der Waals surface area contributed by atoms with Crippen LogP contribution in [0.1, 0.15) is 63.4 Å². The molecule has 3 aliphatic rings. The Morgan fingerprint density at radius 1 is 1.14 bits per heavy atom. The summed E-state index contributed by atoms with van der Waals surface area (Å²) in [7, 11) is 1.72. The Balaban J connectivity index is 1.62. The number of Topliss-reactive ketones (excluding diaryl/α,β-unsaturated/α-hetero) is 1. The molecule has 3 fully saturated rings. The summed E-state index contributed by atoms with van der Waals surface area (Å²) in [5, 5.41) is 0.512. The van der Waals surface area contributed by atoms with Gasteiger partial charge in [0.25, 0.3) is 0 Å². The fraction of sp³-hybridized carbons (Fsp3) is 0.609. The number of hydrogen-bond acceptors (Lipinski definition) is 3. The lowest BCUT2D eigenvalue weighted by molar-refractivity contribution is -0.150. The van der Waals surface area contributed by atoms with Crippen molar-refractivity contribution in [2.75, 3.05) is 13.6 Å². The van der Waals surface area contributed by atoms with Crippen LogP contribution in [0.4, 0.5) is 0 Å². The van der Waals surface area contributed by atoms with Crippen molar-refractivity contribution >= 4 is 29.2 Å². The van der Waals surface area contributed by atoms with Crippen molar-refractivity contribution in [1.82, 2.24) is 9.80 Å². The summed E-state index contributed by atoms with van der Waals surface area (Å²) in [5.74, 6) is -0.383. The maximum Gasteiger partial charge on any atom is 0.228 e. The van der Waals surface area contributed by atoms with Gasteiger partial charge in [-0.1, -0.05) is 42.6 Å². The highest BCUT2D eigenvalue weighted by molar-refractivity contribution is 6.31. The molecule has 1 heterocycles. The van der Waals surface area contributed by atoms with Gasteiger partial charge < -0.3 is 9.80 Å². The zero-order valence-corrected chi connectivity index (χ0v) is 17.8. The van der Waals surface area contributed by atoms with Gasteiger partial charge in [0.1, 0.15) is 5.54 Å². The molecule has 2 saturated carbocycles. The zero-order chi connectivity index (χ0) is 20.6. The number of rotatable bonds is 4. The van der Waals surface area contributed by atoms with Crippen LogP contribution in [0.2, 0.25) is 5.02 Å². The Morgan fingerprint density at radius 2 is 1.86 bits per heavy atom. The number of benzene rings is 1. The number of amides is 2. The molecule has 0 radical (unpaired) electrons. The highest BCUT2D eigenvalue weighted by atomic mass is 35.5. The maximum absolute atomic E-state index is 13.5. The minimum absolute atomic E-state index is 0.0460. The molecule has 1 aromatic carbocycles. The molecule has 2 aliphatic carbocycles. The van der Waals surface area contributed by atoms with E-state index < -0.39 is 5.54 Å². The van der Waals surface area contributed by atoms with Gasteiger partial charge in [0.2, 0.25) is 11.8 Å². The third kappa shape index (κ3) is 3.48. The molecule has 0 N–H and O–H groups in total. The van der Waals surface area contributed by atoms with Crippen molar-refractivity contribution < 1.29 is 14.4 Å². The van der Waals surface area contributed by atoms with E-state index in [1.165, 1.54) is 0 Å². The molecule has 2 atom stereocenters. The second-order valence-electron chi connectivity index (χ2n) is 8.75. The Kier molecular flexibility index (Phi) is 5.69. The third-order valence-corrected chi connectivity index (χ3v) is 7.48. The van der Waals surface area contributed by atoms with Gasteiger partial charge in [-0.15, -0.1) is 0 Å². The zero-order valence-electron chi connectivity index (χ0n) is 17.0. The van der Waals surface area contributed by atoms with E-state index >= 15 is 0 Å². The van der Waals surface area contributed by atoms with Gasteiger partial charge in [-0.3, -0.25) is 14.4 Å². The van der Waals surface area contributed by atoms with Crippen molar-refractivity contribution in [2.24, 2.45) is 5.92 Å². The first-order valence-electron chi connectivity index (χ1n) is 10.8. The number of hydrogen-bond donors (Lipinski definition) is 0. The summed E-state index contributed by atoms with van der Waals surface area (Å²) >= 11 is 6.50. The summed E-state index contributed by atoms with van der Waals surface area (Å²) in [6, 6.07) is 7.62. The van der Waals surface area contributed by atoms with E-state index in [0.717, 1.165) is 38.5 Å². The summed E-state index contributed by atoms with van der Waals surface area (Å²) < 4.78 is 0. The van der Waals surface area contributed by atoms with Crippen molar-refractivity contribution in [1.29, 1.82) is 0 Å². The number of carbonyl (C=O) groups is 3. The fourth-order valence-electron chi connectivity index (χ4n) is 5.56. The van der Waals surface area contributed by atoms with E-state index in [2.05, 4.69) is 0 Å². The number of likely N-dealkylation sites (N-methyl/N-ethyl adjacent to an activating group) is 1. The number of nitrogens with zero attached hydrogens (tertiary/aromatic N) is 2. The van der Waals surface area contributed by atoms with Crippen LogP contribution in [0, 0.1) is 5.92 Å². The first-order chi connectivity index (χ1) is 13.9. The lowest BCUT2D eigenvalue weighted by Gasteiger charge is -2.44. The van der Waals surface area contributed by atoms with Crippen LogP contribution in [0.3, 0.4) is 0 Å². The van der Waals surface area contributed by atoms with Crippen molar-refractivity contribution in [3.63, 3.8) is 0 Å². The van der Waals surface area contributed by atoms with Crippen LogP contribution >= 0.6 is 11.6 Å². The lowest BCUT2D eigenvalue weighted by atomic mass is 9.74. The summed E-state index contributed by atoms with van der Waals surface area (Å²) in [4.78, 5) is 42.9. The minimum atomic E-state index is -1.03. The Bertz CT molecular complexity index is 820. The van der Waals surface area contributed by atoms with Crippen LogP contribution in [-0.2, 0) is 19.9 Å². The summed E-state index contributed by atoms with van der Waals surface area (Å²) in [5.41, 5.74) is -0.323. The molecule has 2 amide bonds. The standard InChI is InChI=1S/C23H29ClN2O3/c1-25(22(29)16-14-21(28)26(15-16)17-8-2-3-9-17)23(13-7-6-12-20(23)27)18-10-4-5-11-19(18)24/h4-5,10-11,16-17H,2-3,6-9,12-15H2,1H3. The predicted octanol–water partition coefficient (Wildman–Crippen LogP) is 3.93. The van der Waals surface area contributed by atoms with Gasteiger partial charge in [-0.25, -0.2) is 0 Å². The first-order valence-corrected chi connectivity index (χ1v) is 11.2. The fourth-order valence-corrected chi connectivity index (χ4v) is 5.85. The van der Waals surface area contributed by atoms with E-state index in [1.807, 2.05) is 23.1 Å². The second-order valence-corrected chi connectivity index (χ2v) is 9.16. The topological polar surface area (TPSA) is 57.7 Å². The summed E-state index contributed by atoms with van der Waals surface area (Å²) in [6.45, 7) is 0.472. The smallest absolute Gasteiger partial charge is 0.228 e. The largest absolute Gasteiger partial charge is 0.339 e.